The number of hydrogen-bond acceptors (Lipinski definition) is 3. The molecule has 1 N–H and O–H groups in total. The SMILES string of the molecule is Cc1c(NC(=O)c2ccn(C)c2)cccc1-c1ncco1. The van der Waals surface area contributed by atoms with Crippen molar-refractivity contribution in [2.24, 2.45) is 7.05 Å². The molecule has 1 amide bonds. The Labute approximate surface area is 122 Å². The zero-order chi connectivity index (χ0) is 14.8. The second-order valence-electron chi connectivity index (χ2n) is 4.84. The van der Waals surface area contributed by atoms with Crippen LogP contribution in [0, 0.1) is 6.92 Å². The normalized spacial score (nSPS) is 10.6. The average molecular weight is 281 g/mol. The Morgan fingerprint density at radius 3 is 2.86 bits per heavy atom. The van der Waals surface area contributed by atoms with Crippen LogP contribution in [0.4, 0.5) is 5.69 Å². The maximum atomic E-state index is 12.2. The van der Waals surface area contributed by atoms with Crippen molar-refractivity contribution in [1.29, 1.82) is 0 Å². The lowest BCUT2D eigenvalue weighted by molar-refractivity contribution is 0.102. The van der Waals surface area contributed by atoms with Crippen LogP contribution in [0.2, 0.25) is 0 Å². The number of nitrogens with zero attached hydrogens (tertiary/aromatic N) is 2. The van der Waals surface area contributed by atoms with Crippen LogP contribution in [0.3, 0.4) is 0 Å². The number of nitrogens with one attached hydrogen (secondary N) is 1. The number of carbonyl (C=O) groups is 1. The van der Waals surface area contributed by atoms with E-state index in [9.17, 15) is 4.79 Å². The van der Waals surface area contributed by atoms with E-state index in [1.165, 1.54) is 6.26 Å². The van der Waals surface area contributed by atoms with Gasteiger partial charge in [-0.05, 0) is 30.7 Å². The van der Waals surface area contributed by atoms with Gasteiger partial charge in [0.15, 0.2) is 0 Å². The highest BCUT2D eigenvalue weighted by Crippen LogP contribution is 2.27. The Morgan fingerprint density at radius 1 is 1.33 bits per heavy atom. The number of aryl methyl sites for hydroxylation is 1. The molecule has 0 unspecified atom stereocenters. The molecule has 1 aromatic carbocycles. The first-order chi connectivity index (χ1) is 10.1. The monoisotopic (exact) mass is 281 g/mol. The Morgan fingerprint density at radius 2 is 2.19 bits per heavy atom. The van der Waals surface area contributed by atoms with E-state index in [2.05, 4.69) is 10.3 Å². The number of hydrogen-bond donors (Lipinski definition) is 1. The Balaban J connectivity index is 1.90. The van der Waals surface area contributed by atoms with Gasteiger partial charge in [-0.3, -0.25) is 4.79 Å². The number of rotatable bonds is 3. The quantitative estimate of drug-likeness (QED) is 0.801. The molecule has 0 radical (unpaired) electrons. The topological polar surface area (TPSA) is 60.1 Å². The second-order valence-corrected chi connectivity index (χ2v) is 4.84. The molecule has 21 heavy (non-hydrogen) atoms. The van der Waals surface area contributed by atoms with Gasteiger partial charge in [-0.1, -0.05) is 6.07 Å². The molecule has 0 saturated carbocycles. The van der Waals surface area contributed by atoms with Gasteiger partial charge in [-0.25, -0.2) is 4.98 Å². The lowest BCUT2D eigenvalue weighted by atomic mass is 10.1. The fourth-order valence-electron chi connectivity index (χ4n) is 2.19. The summed E-state index contributed by atoms with van der Waals surface area (Å²) in [5.74, 6) is 0.409. The molecule has 0 atom stereocenters. The van der Waals surface area contributed by atoms with Gasteiger partial charge in [0.25, 0.3) is 5.91 Å². The molecule has 5 heteroatoms. The van der Waals surface area contributed by atoms with Crippen molar-refractivity contribution >= 4 is 11.6 Å². The van der Waals surface area contributed by atoms with Gasteiger partial charge in [-0.2, -0.15) is 0 Å². The minimum atomic E-state index is -0.136. The molecule has 0 saturated heterocycles. The molecule has 5 nitrogen and oxygen atoms in total. The van der Waals surface area contributed by atoms with E-state index >= 15 is 0 Å². The van der Waals surface area contributed by atoms with Crippen molar-refractivity contribution in [3.05, 3.63) is 60.2 Å². The number of amides is 1. The molecule has 2 heterocycles. The molecule has 3 rings (SSSR count). The first-order valence-corrected chi connectivity index (χ1v) is 6.58. The standard InChI is InChI=1S/C16H15N3O2/c1-11-13(16-17-7-9-21-16)4-3-5-14(11)18-15(20)12-6-8-19(2)10-12/h3-10H,1-2H3,(H,18,20). The summed E-state index contributed by atoms with van der Waals surface area (Å²) in [4.78, 5) is 16.4. The summed E-state index contributed by atoms with van der Waals surface area (Å²) in [6, 6.07) is 7.43. The third kappa shape index (κ3) is 2.58. The third-order valence-electron chi connectivity index (χ3n) is 3.34. The average Bonchev–Trinajstić information content (AvgIpc) is 3.12. The predicted molar refractivity (Wildman–Crippen MR) is 80.0 cm³/mol. The maximum absolute atomic E-state index is 12.2. The summed E-state index contributed by atoms with van der Waals surface area (Å²) in [6.45, 7) is 1.93. The molecular formula is C16H15N3O2. The van der Waals surface area contributed by atoms with E-state index in [1.807, 2.05) is 42.9 Å². The summed E-state index contributed by atoms with van der Waals surface area (Å²) in [5, 5.41) is 2.92. The van der Waals surface area contributed by atoms with Crippen molar-refractivity contribution in [2.45, 2.75) is 6.92 Å². The molecule has 3 aromatic rings. The van der Waals surface area contributed by atoms with Crippen LogP contribution >= 0.6 is 0 Å². The molecule has 0 aliphatic carbocycles. The third-order valence-corrected chi connectivity index (χ3v) is 3.34. The first-order valence-electron chi connectivity index (χ1n) is 6.58. The number of anilines is 1. The van der Waals surface area contributed by atoms with E-state index < -0.39 is 0 Å². The van der Waals surface area contributed by atoms with Gasteiger partial charge in [0.1, 0.15) is 6.26 Å². The van der Waals surface area contributed by atoms with Gasteiger partial charge in [-0.15, -0.1) is 0 Å². The maximum Gasteiger partial charge on any atom is 0.257 e. The lowest BCUT2D eigenvalue weighted by Gasteiger charge is -2.10. The fourth-order valence-corrected chi connectivity index (χ4v) is 2.19. The van der Waals surface area contributed by atoms with Crippen molar-refractivity contribution in [2.75, 3.05) is 5.32 Å². The van der Waals surface area contributed by atoms with Crippen LogP contribution in [0.25, 0.3) is 11.5 Å². The zero-order valence-electron chi connectivity index (χ0n) is 11.8. The van der Waals surface area contributed by atoms with Crippen LogP contribution in [0.5, 0.6) is 0 Å². The van der Waals surface area contributed by atoms with Gasteiger partial charge < -0.3 is 14.3 Å². The highest BCUT2D eigenvalue weighted by Gasteiger charge is 2.13. The van der Waals surface area contributed by atoms with Crippen molar-refractivity contribution in [3.8, 4) is 11.5 Å². The van der Waals surface area contributed by atoms with Crippen molar-refractivity contribution in [3.63, 3.8) is 0 Å². The molecule has 0 spiro atoms. The number of benzene rings is 1. The van der Waals surface area contributed by atoms with Gasteiger partial charge in [0.05, 0.1) is 11.8 Å². The largest absolute Gasteiger partial charge is 0.445 e. The van der Waals surface area contributed by atoms with Crippen molar-refractivity contribution in [1.82, 2.24) is 9.55 Å². The van der Waals surface area contributed by atoms with E-state index in [1.54, 1.807) is 18.5 Å². The molecule has 106 valence electrons. The Bertz CT molecular complexity index is 773. The van der Waals surface area contributed by atoms with Crippen LogP contribution in [0.1, 0.15) is 15.9 Å². The van der Waals surface area contributed by atoms with Crippen LogP contribution in [-0.2, 0) is 7.05 Å². The summed E-state index contributed by atoms with van der Waals surface area (Å²) < 4.78 is 7.16. The van der Waals surface area contributed by atoms with Gasteiger partial charge in [0.2, 0.25) is 5.89 Å². The molecule has 0 aliphatic rings. The molecular weight excluding hydrogens is 266 g/mol. The van der Waals surface area contributed by atoms with E-state index in [4.69, 9.17) is 4.42 Å². The summed E-state index contributed by atoms with van der Waals surface area (Å²) >= 11 is 0. The second kappa shape index (κ2) is 5.28. The van der Waals surface area contributed by atoms with Crippen molar-refractivity contribution < 1.29 is 9.21 Å². The molecule has 2 aromatic heterocycles. The Kier molecular flexibility index (Phi) is 3.31. The minimum absolute atomic E-state index is 0.136. The van der Waals surface area contributed by atoms with Gasteiger partial charge in [0, 0.05) is 30.7 Å². The molecule has 0 fully saturated rings. The van der Waals surface area contributed by atoms with Gasteiger partial charge >= 0.3 is 0 Å². The fraction of sp³-hybridized carbons (Fsp3) is 0.125. The highest BCUT2D eigenvalue weighted by atomic mass is 16.3. The zero-order valence-corrected chi connectivity index (χ0v) is 11.8. The highest BCUT2D eigenvalue weighted by molar-refractivity contribution is 6.04. The smallest absolute Gasteiger partial charge is 0.257 e. The van der Waals surface area contributed by atoms with Crippen LogP contribution in [-0.4, -0.2) is 15.5 Å². The lowest BCUT2D eigenvalue weighted by Crippen LogP contribution is -2.12. The number of aromatic nitrogens is 2. The van der Waals surface area contributed by atoms with Crippen LogP contribution in [0.15, 0.2) is 53.5 Å². The minimum Gasteiger partial charge on any atom is -0.445 e. The van der Waals surface area contributed by atoms with E-state index in [0.29, 0.717) is 11.5 Å². The summed E-state index contributed by atoms with van der Waals surface area (Å²) in [7, 11) is 1.88. The first kappa shape index (κ1) is 13.2. The van der Waals surface area contributed by atoms with E-state index in [0.717, 1.165) is 16.8 Å². The number of carbonyl (C=O) groups excluding carboxylic acids is 1. The summed E-state index contributed by atoms with van der Waals surface area (Å²) in [6.07, 6.45) is 6.75. The predicted octanol–water partition coefficient (Wildman–Crippen LogP) is 3.24. The Hall–Kier alpha value is -2.82. The number of oxazole rings is 1. The molecule has 0 bridgehead atoms. The van der Waals surface area contributed by atoms with Crippen LogP contribution < -0.4 is 5.32 Å². The summed E-state index contributed by atoms with van der Waals surface area (Å²) in [5.41, 5.74) is 3.16. The molecule has 0 aliphatic heterocycles. The van der Waals surface area contributed by atoms with E-state index in [-0.39, 0.29) is 5.91 Å².